The Hall–Kier alpha value is -0.433. The van der Waals surface area contributed by atoms with Crippen molar-refractivity contribution in [1.82, 2.24) is 5.32 Å². The van der Waals surface area contributed by atoms with E-state index in [2.05, 4.69) is 5.32 Å². The van der Waals surface area contributed by atoms with Crippen LogP contribution in [-0.4, -0.2) is 38.4 Å². The van der Waals surface area contributed by atoms with Gasteiger partial charge in [-0.05, 0) is 19.8 Å². The molecule has 5 nitrogen and oxygen atoms in total. The van der Waals surface area contributed by atoms with Crippen molar-refractivity contribution < 1.29 is 18.4 Å². The Kier molecular flexibility index (Phi) is 8.41. The van der Waals surface area contributed by atoms with Crippen LogP contribution in [0.2, 0.25) is 0 Å². The van der Waals surface area contributed by atoms with E-state index in [0.717, 1.165) is 12.8 Å². The molecule has 0 aliphatic heterocycles. The second-order valence-electron chi connectivity index (χ2n) is 3.97. The van der Waals surface area contributed by atoms with E-state index in [1.165, 1.54) is 0 Å². The van der Waals surface area contributed by atoms with Crippen molar-refractivity contribution in [1.29, 1.82) is 0 Å². The first kappa shape index (κ1) is 16.6. The summed E-state index contributed by atoms with van der Waals surface area (Å²) in [6, 6.07) is 0. The second-order valence-corrected chi connectivity index (χ2v) is 6.68. The van der Waals surface area contributed by atoms with Gasteiger partial charge < -0.3 is 19.0 Å². The first-order valence-electron chi connectivity index (χ1n) is 6.29. The van der Waals surface area contributed by atoms with Crippen molar-refractivity contribution >= 4 is 14.7 Å². The predicted molar refractivity (Wildman–Crippen MR) is 68.4 cm³/mol. The molecule has 2 N–H and O–H groups in total. The Balaban J connectivity index is 4.46. The first-order chi connectivity index (χ1) is 8.00. The molecule has 0 rings (SSSR count). The highest BCUT2D eigenvalue weighted by Crippen LogP contribution is 2.10. The lowest BCUT2D eigenvalue weighted by Gasteiger charge is -2.29. The second kappa shape index (κ2) is 8.63. The highest BCUT2D eigenvalue weighted by atomic mass is 28.4. The van der Waals surface area contributed by atoms with E-state index in [1.807, 2.05) is 13.8 Å². The molecule has 1 atom stereocenters. The molecule has 0 saturated carbocycles. The van der Waals surface area contributed by atoms with Gasteiger partial charge in [0.1, 0.15) is 0 Å². The van der Waals surface area contributed by atoms with Crippen LogP contribution >= 0.6 is 0 Å². The van der Waals surface area contributed by atoms with Gasteiger partial charge in [0.15, 0.2) is 0 Å². The summed E-state index contributed by atoms with van der Waals surface area (Å²) in [4.78, 5) is 21.7. The molecule has 1 amide bonds. The van der Waals surface area contributed by atoms with E-state index in [1.54, 1.807) is 13.8 Å². The first-order valence-corrected chi connectivity index (χ1v) is 8.13. The van der Waals surface area contributed by atoms with Gasteiger partial charge in [-0.15, -0.1) is 0 Å². The summed E-state index contributed by atoms with van der Waals surface area (Å²) >= 11 is 0. The van der Waals surface area contributed by atoms with Crippen LogP contribution < -0.4 is 5.32 Å². The summed E-state index contributed by atoms with van der Waals surface area (Å²) in [5.74, 6) is -0.108. The van der Waals surface area contributed by atoms with Crippen molar-refractivity contribution in [2.24, 2.45) is 0 Å². The zero-order valence-electron chi connectivity index (χ0n) is 11.3. The molecule has 6 heteroatoms. The molecule has 0 saturated heterocycles. The fourth-order valence-corrected chi connectivity index (χ4v) is 3.14. The summed E-state index contributed by atoms with van der Waals surface area (Å²) in [6.07, 6.45) is 1.99. The molecular weight excluding hydrogens is 238 g/mol. The van der Waals surface area contributed by atoms with Gasteiger partial charge in [0, 0.05) is 19.6 Å². The number of hydrogen-bond acceptors (Lipinski definition) is 4. The van der Waals surface area contributed by atoms with Crippen molar-refractivity contribution in [3.05, 3.63) is 0 Å². The van der Waals surface area contributed by atoms with Crippen molar-refractivity contribution in [2.75, 3.05) is 13.2 Å². The minimum atomic E-state index is -3.31. The zero-order valence-corrected chi connectivity index (χ0v) is 12.3. The van der Waals surface area contributed by atoms with Crippen LogP contribution in [0.3, 0.4) is 0 Å². The van der Waals surface area contributed by atoms with E-state index in [4.69, 9.17) is 8.85 Å². The van der Waals surface area contributed by atoms with Gasteiger partial charge in [0.25, 0.3) is 0 Å². The molecule has 0 fully saturated rings. The zero-order chi connectivity index (χ0) is 13.3. The van der Waals surface area contributed by atoms with Gasteiger partial charge in [0.05, 0.1) is 5.67 Å². The number of carbonyl (C=O) groups excluding carboxylic acids is 1. The standard InChI is InChI=1S/C11H25NO4Si/c1-5-8-15-17(14,16-9-6-2)10(4)12-11(13)7-3/h10,14H,5-9H2,1-4H3,(H,12,13). The minimum absolute atomic E-state index is 0.108. The van der Waals surface area contributed by atoms with Gasteiger partial charge in [-0.2, -0.15) is 0 Å². The van der Waals surface area contributed by atoms with Gasteiger partial charge in [-0.25, -0.2) is 0 Å². The monoisotopic (exact) mass is 263 g/mol. The van der Waals surface area contributed by atoms with Gasteiger partial charge in [-0.3, -0.25) is 4.79 Å². The van der Waals surface area contributed by atoms with Crippen molar-refractivity contribution in [3.63, 3.8) is 0 Å². The molecular formula is C11H25NO4Si. The van der Waals surface area contributed by atoms with Crippen LogP contribution in [0.5, 0.6) is 0 Å². The van der Waals surface area contributed by atoms with Gasteiger partial charge in [-0.1, -0.05) is 20.8 Å². The third kappa shape index (κ3) is 6.16. The van der Waals surface area contributed by atoms with E-state index in [9.17, 15) is 9.59 Å². The van der Waals surface area contributed by atoms with E-state index in [0.29, 0.717) is 19.6 Å². The molecule has 0 bridgehead atoms. The Morgan fingerprint density at radius 3 is 2.06 bits per heavy atom. The lowest BCUT2D eigenvalue weighted by molar-refractivity contribution is -0.121. The molecule has 17 heavy (non-hydrogen) atoms. The average Bonchev–Trinajstić information content (AvgIpc) is 2.33. The smallest absolute Gasteiger partial charge is 0.389 e. The minimum Gasteiger partial charge on any atom is -0.389 e. The van der Waals surface area contributed by atoms with Gasteiger partial charge in [0.2, 0.25) is 5.91 Å². The summed E-state index contributed by atoms with van der Waals surface area (Å²) in [5.41, 5.74) is -0.465. The van der Waals surface area contributed by atoms with Crippen LogP contribution in [0, 0.1) is 0 Å². The number of amides is 1. The highest BCUT2D eigenvalue weighted by Gasteiger charge is 2.44. The van der Waals surface area contributed by atoms with Crippen molar-refractivity contribution in [3.8, 4) is 0 Å². The third-order valence-corrected chi connectivity index (χ3v) is 4.75. The topological polar surface area (TPSA) is 67.8 Å². The molecule has 0 heterocycles. The SMILES string of the molecule is CCCO[Si](O)(OCCC)C(C)NC(=O)CC. The predicted octanol–water partition coefficient (Wildman–Crippen LogP) is 1.22. The third-order valence-electron chi connectivity index (χ3n) is 2.27. The molecule has 0 aliphatic rings. The molecule has 0 aromatic heterocycles. The molecule has 0 radical (unpaired) electrons. The fourth-order valence-electron chi connectivity index (χ4n) is 1.22. The van der Waals surface area contributed by atoms with Crippen LogP contribution in [0.15, 0.2) is 0 Å². The largest absolute Gasteiger partial charge is 0.521 e. The quantitative estimate of drug-likeness (QED) is 0.614. The number of hydrogen-bond donors (Lipinski definition) is 2. The van der Waals surface area contributed by atoms with Crippen molar-refractivity contribution in [2.45, 2.75) is 52.6 Å². The molecule has 1 unspecified atom stereocenters. The molecule has 102 valence electrons. The lowest BCUT2D eigenvalue weighted by Crippen LogP contribution is -2.60. The summed E-state index contributed by atoms with van der Waals surface area (Å²) < 4.78 is 10.9. The number of nitrogens with one attached hydrogen (secondary N) is 1. The summed E-state index contributed by atoms with van der Waals surface area (Å²) in [5, 5.41) is 2.71. The summed E-state index contributed by atoms with van der Waals surface area (Å²) in [6.45, 7) is 8.30. The maximum atomic E-state index is 11.3. The normalized spacial score (nSPS) is 13.5. The molecule has 0 aromatic rings. The summed E-state index contributed by atoms with van der Waals surface area (Å²) in [7, 11) is -3.31. The molecule has 0 aliphatic carbocycles. The number of carbonyl (C=O) groups is 1. The molecule has 0 spiro atoms. The number of rotatable bonds is 9. The lowest BCUT2D eigenvalue weighted by atomic mass is 10.4. The Bertz CT molecular complexity index is 218. The Morgan fingerprint density at radius 2 is 1.71 bits per heavy atom. The fraction of sp³-hybridized carbons (Fsp3) is 0.909. The van der Waals surface area contributed by atoms with E-state index in [-0.39, 0.29) is 5.91 Å². The van der Waals surface area contributed by atoms with Gasteiger partial charge >= 0.3 is 8.80 Å². The Labute approximate surface area is 105 Å². The van der Waals surface area contributed by atoms with Crippen LogP contribution in [0.25, 0.3) is 0 Å². The van der Waals surface area contributed by atoms with E-state index >= 15 is 0 Å². The molecule has 0 aromatic carbocycles. The van der Waals surface area contributed by atoms with Crippen LogP contribution in [-0.2, 0) is 13.6 Å². The maximum absolute atomic E-state index is 11.3. The average molecular weight is 263 g/mol. The highest BCUT2D eigenvalue weighted by molar-refractivity contribution is 6.61. The maximum Gasteiger partial charge on any atom is 0.521 e. The Morgan fingerprint density at radius 1 is 1.24 bits per heavy atom. The van der Waals surface area contributed by atoms with E-state index < -0.39 is 14.5 Å². The van der Waals surface area contributed by atoms with Crippen LogP contribution in [0.4, 0.5) is 0 Å². The van der Waals surface area contributed by atoms with Crippen LogP contribution in [0.1, 0.15) is 47.0 Å².